The molecule has 1 aliphatic heterocycles. The van der Waals surface area contributed by atoms with Gasteiger partial charge < -0.3 is 14.8 Å². The van der Waals surface area contributed by atoms with E-state index in [9.17, 15) is 9.59 Å². The molecule has 1 aromatic carbocycles. The lowest BCUT2D eigenvalue weighted by atomic mass is 10.2. The molecule has 1 fully saturated rings. The first-order valence-corrected chi connectivity index (χ1v) is 7.03. The number of hydrogen-bond donors (Lipinski definition) is 1. The Morgan fingerprint density at radius 2 is 1.67 bits per heavy atom. The predicted octanol–water partition coefficient (Wildman–Crippen LogP) is 1.34. The number of carbonyl (C=O) groups excluding carboxylic acids is 1. The smallest absolute Gasteiger partial charge is 0.260 e. The van der Waals surface area contributed by atoms with Crippen molar-refractivity contribution >= 4 is 11.6 Å². The van der Waals surface area contributed by atoms with Crippen molar-refractivity contribution in [3.8, 4) is 0 Å². The van der Waals surface area contributed by atoms with Crippen LogP contribution in [0.3, 0.4) is 0 Å². The highest BCUT2D eigenvalue weighted by Gasteiger charge is 2.23. The highest BCUT2D eigenvalue weighted by molar-refractivity contribution is 5.93. The van der Waals surface area contributed by atoms with Crippen LogP contribution in [0.1, 0.15) is 10.4 Å². The van der Waals surface area contributed by atoms with Crippen LogP contribution in [0.2, 0.25) is 0 Å². The van der Waals surface area contributed by atoms with Crippen LogP contribution in [0.5, 0.6) is 0 Å². The number of nitrogens with zero attached hydrogens (tertiary/aromatic N) is 2. The summed E-state index contributed by atoms with van der Waals surface area (Å²) in [5.74, 6) is -0.190. The van der Waals surface area contributed by atoms with Crippen molar-refractivity contribution < 1.29 is 4.79 Å². The Kier molecular flexibility index (Phi) is 3.73. The first kappa shape index (κ1) is 13.4. The average Bonchev–Trinajstić information content (AvgIpc) is 2.56. The van der Waals surface area contributed by atoms with E-state index in [0.717, 1.165) is 13.1 Å². The molecule has 0 saturated carbocycles. The first-order valence-electron chi connectivity index (χ1n) is 7.03. The molecule has 5 nitrogen and oxygen atoms in total. The van der Waals surface area contributed by atoms with Crippen LogP contribution in [0.4, 0.5) is 5.69 Å². The number of carbonyl (C=O) groups is 1. The van der Waals surface area contributed by atoms with E-state index in [-0.39, 0.29) is 17.0 Å². The number of anilines is 1. The molecule has 0 atom stereocenters. The zero-order valence-electron chi connectivity index (χ0n) is 11.7. The minimum atomic E-state index is -0.326. The van der Waals surface area contributed by atoms with Gasteiger partial charge in [-0.3, -0.25) is 9.59 Å². The molecule has 0 unspecified atom stereocenters. The van der Waals surface area contributed by atoms with Gasteiger partial charge in [-0.25, -0.2) is 0 Å². The molecule has 21 heavy (non-hydrogen) atoms. The lowest BCUT2D eigenvalue weighted by Gasteiger charge is -2.36. The van der Waals surface area contributed by atoms with Crippen LogP contribution in [0.25, 0.3) is 0 Å². The third-order valence-corrected chi connectivity index (χ3v) is 3.74. The van der Waals surface area contributed by atoms with Crippen molar-refractivity contribution in [2.45, 2.75) is 0 Å². The van der Waals surface area contributed by atoms with Gasteiger partial charge in [-0.2, -0.15) is 0 Å². The summed E-state index contributed by atoms with van der Waals surface area (Å²) >= 11 is 0. The Labute approximate surface area is 122 Å². The fraction of sp³-hybridized carbons (Fsp3) is 0.250. The summed E-state index contributed by atoms with van der Waals surface area (Å²) in [6.45, 7) is 2.81. The van der Waals surface area contributed by atoms with Crippen molar-refractivity contribution in [2.24, 2.45) is 0 Å². The van der Waals surface area contributed by atoms with Crippen molar-refractivity contribution in [3.63, 3.8) is 0 Å². The zero-order valence-corrected chi connectivity index (χ0v) is 11.7. The molecular formula is C16H17N3O2. The van der Waals surface area contributed by atoms with E-state index in [4.69, 9.17) is 0 Å². The topological polar surface area (TPSA) is 56.4 Å². The number of piperazine rings is 1. The Bertz CT molecular complexity index is 673. The molecule has 1 amide bonds. The molecule has 0 radical (unpaired) electrons. The molecule has 3 rings (SSSR count). The number of pyridine rings is 1. The molecule has 1 N–H and O–H groups in total. The van der Waals surface area contributed by atoms with Crippen molar-refractivity contribution in [1.82, 2.24) is 9.88 Å². The van der Waals surface area contributed by atoms with Crippen LogP contribution in [0, 0.1) is 0 Å². The van der Waals surface area contributed by atoms with E-state index in [2.05, 4.69) is 22.0 Å². The lowest BCUT2D eigenvalue weighted by Crippen LogP contribution is -2.49. The molecule has 2 heterocycles. The molecule has 2 aromatic rings. The van der Waals surface area contributed by atoms with E-state index in [1.54, 1.807) is 17.0 Å². The monoisotopic (exact) mass is 283 g/mol. The number of amides is 1. The standard InChI is InChI=1S/C16H17N3O2/c20-15-14(7-4-8-17-15)16(21)19-11-9-18(10-12-19)13-5-2-1-3-6-13/h1-8H,9-12H2,(H,17,20). The van der Waals surface area contributed by atoms with Gasteiger partial charge in [0.05, 0.1) is 0 Å². The van der Waals surface area contributed by atoms with Crippen LogP contribution in [-0.2, 0) is 0 Å². The summed E-state index contributed by atoms with van der Waals surface area (Å²) in [5, 5.41) is 0. The molecule has 1 saturated heterocycles. The maximum Gasteiger partial charge on any atom is 0.260 e. The third-order valence-electron chi connectivity index (χ3n) is 3.74. The second kappa shape index (κ2) is 5.83. The Balaban J connectivity index is 1.68. The highest BCUT2D eigenvalue weighted by Crippen LogP contribution is 2.16. The van der Waals surface area contributed by atoms with Crippen molar-refractivity contribution in [2.75, 3.05) is 31.1 Å². The second-order valence-electron chi connectivity index (χ2n) is 5.03. The van der Waals surface area contributed by atoms with Crippen LogP contribution >= 0.6 is 0 Å². The molecular weight excluding hydrogens is 266 g/mol. The number of para-hydroxylation sites is 1. The van der Waals surface area contributed by atoms with E-state index in [1.165, 1.54) is 11.9 Å². The number of H-pyrrole nitrogens is 1. The summed E-state index contributed by atoms with van der Waals surface area (Å²) in [6, 6.07) is 13.4. The van der Waals surface area contributed by atoms with Crippen molar-refractivity contribution in [1.29, 1.82) is 0 Å². The number of rotatable bonds is 2. The van der Waals surface area contributed by atoms with Crippen LogP contribution < -0.4 is 10.5 Å². The van der Waals surface area contributed by atoms with E-state index in [1.807, 2.05) is 18.2 Å². The van der Waals surface area contributed by atoms with Gasteiger partial charge in [0, 0.05) is 38.1 Å². The molecule has 0 bridgehead atoms. The second-order valence-corrected chi connectivity index (χ2v) is 5.03. The summed E-state index contributed by atoms with van der Waals surface area (Å²) in [4.78, 5) is 30.6. The van der Waals surface area contributed by atoms with Crippen LogP contribution in [-0.4, -0.2) is 42.0 Å². The number of aromatic amines is 1. The predicted molar refractivity (Wildman–Crippen MR) is 81.6 cm³/mol. The molecule has 0 aliphatic carbocycles. The van der Waals surface area contributed by atoms with Gasteiger partial charge in [0.2, 0.25) is 0 Å². The maximum atomic E-state index is 12.4. The molecule has 0 spiro atoms. The van der Waals surface area contributed by atoms with E-state index in [0.29, 0.717) is 13.1 Å². The summed E-state index contributed by atoms with van der Waals surface area (Å²) in [6.07, 6.45) is 1.53. The van der Waals surface area contributed by atoms with Gasteiger partial charge in [-0.15, -0.1) is 0 Å². The Morgan fingerprint density at radius 1 is 0.952 bits per heavy atom. The lowest BCUT2D eigenvalue weighted by molar-refractivity contribution is 0.0745. The fourth-order valence-electron chi connectivity index (χ4n) is 2.57. The minimum Gasteiger partial charge on any atom is -0.368 e. The minimum absolute atomic E-state index is 0.190. The summed E-state index contributed by atoms with van der Waals surface area (Å²) in [5.41, 5.74) is 1.06. The number of nitrogens with one attached hydrogen (secondary N) is 1. The zero-order chi connectivity index (χ0) is 14.7. The van der Waals surface area contributed by atoms with Gasteiger partial charge in [0.15, 0.2) is 0 Å². The Hall–Kier alpha value is -2.56. The quantitative estimate of drug-likeness (QED) is 0.905. The molecule has 108 valence electrons. The third kappa shape index (κ3) is 2.81. The van der Waals surface area contributed by atoms with Gasteiger partial charge in [0.25, 0.3) is 11.5 Å². The maximum absolute atomic E-state index is 12.4. The average molecular weight is 283 g/mol. The Morgan fingerprint density at radius 3 is 2.33 bits per heavy atom. The highest BCUT2D eigenvalue weighted by atomic mass is 16.2. The molecule has 1 aliphatic rings. The van der Waals surface area contributed by atoms with Gasteiger partial charge in [-0.1, -0.05) is 18.2 Å². The number of aromatic nitrogens is 1. The molecule has 1 aromatic heterocycles. The van der Waals surface area contributed by atoms with Gasteiger partial charge in [0.1, 0.15) is 5.56 Å². The van der Waals surface area contributed by atoms with Gasteiger partial charge in [-0.05, 0) is 24.3 Å². The normalized spacial score (nSPS) is 15.0. The van der Waals surface area contributed by atoms with Crippen molar-refractivity contribution in [3.05, 3.63) is 64.6 Å². The van der Waals surface area contributed by atoms with Gasteiger partial charge >= 0.3 is 0 Å². The first-order chi connectivity index (χ1) is 10.3. The number of benzene rings is 1. The fourth-order valence-corrected chi connectivity index (χ4v) is 2.57. The van der Waals surface area contributed by atoms with Crippen LogP contribution in [0.15, 0.2) is 53.5 Å². The van der Waals surface area contributed by atoms with E-state index >= 15 is 0 Å². The number of hydrogen-bond acceptors (Lipinski definition) is 3. The van der Waals surface area contributed by atoms with E-state index < -0.39 is 0 Å². The summed E-state index contributed by atoms with van der Waals surface area (Å²) < 4.78 is 0. The molecule has 5 heteroatoms. The SMILES string of the molecule is O=C(c1ccc[nH]c1=O)N1CCN(c2ccccc2)CC1. The summed E-state index contributed by atoms with van der Waals surface area (Å²) in [7, 11) is 0. The largest absolute Gasteiger partial charge is 0.368 e.